The van der Waals surface area contributed by atoms with Crippen molar-refractivity contribution in [3.05, 3.63) is 42.0 Å². The summed E-state index contributed by atoms with van der Waals surface area (Å²) in [5, 5.41) is 6.56. The molecule has 0 bridgehead atoms. The van der Waals surface area contributed by atoms with Crippen LogP contribution in [0.3, 0.4) is 0 Å². The third-order valence-corrected chi connectivity index (χ3v) is 2.87. The first-order valence-corrected chi connectivity index (χ1v) is 6.99. The van der Waals surface area contributed by atoms with Gasteiger partial charge in [-0.1, -0.05) is 6.07 Å². The first-order chi connectivity index (χ1) is 10.3. The molecule has 112 valence electrons. The van der Waals surface area contributed by atoms with Crippen molar-refractivity contribution in [3.63, 3.8) is 0 Å². The minimum absolute atomic E-state index is 0.688. The maximum Gasteiger partial charge on any atom is 0.132 e. The van der Waals surface area contributed by atoms with E-state index in [1.54, 1.807) is 13.3 Å². The second-order valence-electron chi connectivity index (χ2n) is 4.67. The van der Waals surface area contributed by atoms with Crippen LogP contribution in [0.5, 0.6) is 0 Å². The number of nitrogens with zero attached hydrogens (tertiary/aromatic N) is 3. The van der Waals surface area contributed by atoms with Gasteiger partial charge in [-0.3, -0.25) is 4.98 Å². The number of aryl methyl sites for hydroxylation is 1. The highest BCUT2D eigenvalue weighted by atomic mass is 16.5. The Kier molecular flexibility index (Phi) is 5.90. The van der Waals surface area contributed by atoms with Gasteiger partial charge in [-0.25, -0.2) is 9.97 Å². The number of anilines is 2. The van der Waals surface area contributed by atoms with Crippen LogP contribution in [-0.4, -0.2) is 35.2 Å². The molecule has 0 aliphatic carbocycles. The van der Waals surface area contributed by atoms with E-state index < -0.39 is 0 Å². The summed E-state index contributed by atoms with van der Waals surface area (Å²) in [5.74, 6) is 2.37. The average Bonchev–Trinajstić information content (AvgIpc) is 2.50. The summed E-state index contributed by atoms with van der Waals surface area (Å²) in [5.41, 5.74) is 1.11. The van der Waals surface area contributed by atoms with E-state index in [9.17, 15) is 0 Å². The van der Waals surface area contributed by atoms with Crippen molar-refractivity contribution in [2.75, 3.05) is 30.9 Å². The van der Waals surface area contributed by atoms with Gasteiger partial charge in [0.2, 0.25) is 0 Å². The van der Waals surface area contributed by atoms with Gasteiger partial charge in [0.25, 0.3) is 0 Å². The van der Waals surface area contributed by atoms with Crippen molar-refractivity contribution in [1.29, 1.82) is 0 Å². The van der Waals surface area contributed by atoms with E-state index in [0.717, 1.165) is 42.6 Å². The van der Waals surface area contributed by atoms with Crippen LogP contribution in [0.4, 0.5) is 11.6 Å². The Balaban J connectivity index is 1.91. The summed E-state index contributed by atoms with van der Waals surface area (Å²) >= 11 is 0. The fourth-order valence-electron chi connectivity index (χ4n) is 1.88. The van der Waals surface area contributed by atoms with Gasteiger partial charge in [-0.15, -0.1) is 0 Å². The van der Waals surface area contributed by atoms with Crippen molar-refractivity contribution >= 4 is 11.6 Å². The number of ether oxygens (including phenoxy) is 1. The summed E-state index contributed by atoms with van der Waals surface area (Å²) < 4.78 is 5.02. The minimum atomic E-state index is 0.688. The maximum atomic E-state index is 5.02. The average molecular weight is 287 g/mol. The molecule has 0 atom stereocenters. The van der Waals surface area contributed by atoms with Gasteiger partial charge in [0.05, 0.1) is 0 Å². The summed E-state index contributed by atoms with van der Waals surface area (Å²) in [6.07, 6.45) is 4.54. The molecule has 2 aromatic rings. The molecule has 6 nitrogen and oxygen atoms in total. The largest absolute Gasteiger partial charge is 0.385 e. The lowest BCUT2D eigenvalue weighted by molar-refractivity contribution is 0.198. The van der Waals surface area contributed by atoms with E-state index in [0.29, 0.717) is 6.54 Å². The van der Waals surface area contributed by atoms with Gasteiger partial charge in [-0.05, 0) is 25.0 Å². The number of hydrogen-bond acceptors (Lipinski definition) is 6. The molecule has 0 spiro atoms. The van der Waals surface area contributed by atoms with Crippen molar-refractivity contribution in [2.45, 2.75) is 19.9 Å². The normalized spacial score (nSPS) is 10.4. The predicted octanol–water partition coefficient (Wildman–Crippen LogP) is 2.24. The summed E-state index contributed by atoms with van der Waals surface area (Å²) in [6.45, 7) is 4.14. The number of pyridine rings is 1. The molecule has 2 rings (SSSR count). The molecule has 0 amide bonds. The quantitative estimate of drug-likeness (QED) is 0.726. The molecule has 2 heterocycles. The molecule has 2 aromatic heterocycles. The second-order valence-corrected chi connectivity index (χ2v) is 4.67. The molecule has 2 N–H and O–H groups in total. The van der Waals surface area contributed by atoms with Crippen LogP contribution in [-0.2, 0) is 11.3 Å². The standard InChI is InChI=1S/C15H21N5O/c1-12-19-14(17-7-4-8-21-2)9-15(20-12)18-11-13-5-3-6-16-10-13/h3,5-6,9-10H,4,7-8,11H2,1-2H3,(H2,17,18,19,20). The maximum absolute atomic E-state index is 5.02. The van der Waals surface area contributed by atoms with E-state index in [1.165, 1.54) is 0 Å². The lowest BCUT2D eigenvalue weighted by atomic mass is 10.3. The molecule has 0 aromatic carbocycles. The zero-order chi connectivity index (χ0) is 14.9. The van der Waals surface area contributed by atoms with Crippen LogP contribution in [0.15, 0.2) is 30.6 Å². The van der Waals surface area contributed by atoms with E-state index >= 15 is 0 Å². The number of methoxy groups -OCH3 is 1. The molecular weight excluding hydrogens is 266 g/mol. The SMILES string of the molecule is COCCCNc1cc(NCc2cccnc2)nc(C)n1. The van der Waals surface area contributed by atoms with Crippen molar-refractivity contribution in [3.8, 4) is 0 Å². The van der Waals surface area contributed by atoms with Crippen LogP contribution in [0.1, 0.15) is 17.8 Å². The molecular formula is C15H21N5O. The Morgan fingerprint density at radius 2 is 2.00 bits per heavy atom. The molecule has 0 saturated heterocycles. The third kappa shape index (κ3) is 5.35. The molecule has 0 saturated carbocycles. The summed E-state index contributed by atoms with van der Waals surface area (Å²) in [4.78, 5) is 12.9. The number of nitrogens with one attached hydrogen (secondary N) is 2. The van der Waals surface area contributed by atoms with E-state index in [4.69, 9.17) is 4.74 Å². The number of hydrogen-bond donors (Lipinski definition) is 2. The molecule has 0 fully saturated rings. The van der Waals surface area contributed by atoms with Gasteiger partial charge in [0, 0.05) is 45.3 Å². The summed E-state index contributed by atoms with van der Waals surface area (Å²) in [7, 11) is 1.70. The lowest BCUT2D eigenvalue weighted by Crippen LogP contribution is -2.09. The monoisotopic (exact) mass is 287 g/mol. The molecule has 0 unspecified atom stereocenters. The van der Waals surface area contributed by atoms with E-state index in [-0.39, 0.29) is 0 Å². The highest BCUT2D eigenvalue weighted by Gasteiger charge is 2.02. The molecule has 0 aliphatic heterocycles. The van der Waals surface area contributed by atoms with Gasteiger partial charge in [0.15, 0.2) is 0 Å². The Hall–Kier alpha value is -2.21. The predicted molar refractivity (Wildman–Crippen MR) is 83.3 cm³/mol. The highest BCUT2D eigenvalue weighted by Crippen LogP contribution is 2.12. The van der Waals surface area contributed by atoms with E-state index in [1.807, 2.05) is 31.3 Å². The van der Waals surface area contributed by atoms with Crippen LogP contribution >= 0.6 is 0 Å². The Morgan fingerprint density at radius 1 is 1.19 bits per heavy atom. The Bertz CT molecular complexity index is 547. The van der Waals surface area contributed by atoms with Gasteiger partial charge >= 0.3 is 0 Å². The summed E-state index contributed by atoms with van der Waals surface area (Å²) in [6, 6.07) is 5.86. The zero-order valence-electron chi connectivity index (χ0n) is 12.5. The lowest BCUT2D eigenvalue weighted by Gasteiger charge is -2.10. The topological polar surface area (TPSA) is 72.0 Å². The second kappa shape index (κ2) is 8.16. The molecule has 6 heteroatoms. The first kappa shape index (κ1) is 15.2. The van der Waals surface area contributed by atoms with Gasteiger partial charge < -0.3 is 15.4 Å². The van der Waals surface area contributed by atoms with Crippen molar-refractivity contribution in [1.82, 2.24) is 15.0 Å². The third-order valence-electron chi connectivity index (χ3n) is 2.87. The van der Waals surface area contributed by atoms with Gasteiger partial charge in [-0.2, -0.15) is 0 Å². The number of rotatable bonds is 8. The van der Waals surface area contributed by atoms with Crippen molar-refractivity contribution < 1.29 is 4.74 Å². The fraction of sp³-hybridized carbons (Fsp3) is 0.400. The smallest absolute Gasteiger partial charge is 0.132 e. The fourth-order valence-corrected chi connectivity index (χ4v) is 1.88. The van der Waals surface area contributed by atoms with Crippen LogP contribution in [0, 0.1) is 6.92 Å². The molecule has 0 aliphatic rings. The Morgan fingerprint density at radius 3 is 2.71 bits per heavy atom. The first-order valence-electron chi connectivity index (χ1n) is 6.99. The van der Waals surface area contributed by atoms with Crippen molar-refractivity contribution in [2.24, 2.45) is 0 Å². The van der Waals surface area contributed by atoms with Crippen LogP contribution in [0.25, 0.3) is 0 Å². The van der Waals surface area contributed by atoms with Crippen LogP contribution < -0.4 is 10.6 Å². The highest BCUT2D eigenvalue weighted by molar-refractivity contribution is 5.47. The van der Waals surface area contributed by atoms with Crippen LogP contribution in [0.2, 0.25) is 0 Å². The Labute approximate surface area is 125 Å². The minimum Gasteiger partial charge on any atom is -0.385 e. The molecule has 0 radical (unpaired) electrons. The van der Waals surface area contributed by atoms with Gasteiger partial charge in [0.1, 0.15) is 17.5 Å². The molecule has 21 heavy (non-hydrogen) atoms. The van der Waals surface area contributed by atoms with E-state index in [2.05, 4.69) is 25.6 Å². The zero-order valence-corrected chi connectivity index (χ0v) is 12.5. The number of aromatic nitrogens is 3.